The average Bonchev–Trinajstić information content (AvgIpc) is 3.18. The first kappa shape index (κ1) is 19.3. The number of benzene rings is 2. The molecular weight excluding hydrogens is 364 g/mol. The van der Waals surface area contributed by atoms with Gasteiger partial charge in [-0.1, -0.05) is 47.6 Å². The molecule has 6 heteroatoms. The Labute approximate surface area is 170 Å². The molecule has 2 heterocycles. The van der Waals surface area contributed by atoms with Crippen LogP contribution < -0.4 is 5.32 Å². The van der Waals surface area contributed by atoms with E-state index in [2.05, 4.69) is 20.4 Å². The van der Waals surface area contributed by atoms with Gasteiger partial charge >= 0.3 is 0 Å². The molecule has 6 nitrogen and oxygen atoms in total. The van der Waals surface area contributed by atoms with Gasteiger partial charge in [-0.05, 0) is 50.4 Å². The molecule has 1 unspecified atom stereocenters. The fourth-order valence-corrected chi connectivity index (χ4v) is 3.80. The molecule has 0 bridgehead atoms. The zero-order valence-electron chi connectivity index (χ0n) is 16.9. The minimum Gasteiger partial charge on any atom is -0.338 e. The molecule has 29 heavy (non-hydrogen) atoms. The smallest absolute Gasteiger partial charge is 0.241 e. The lowest BCUT2D eigenvalue weighted by Gasteiger charge is -2.31. The number of aromatic nitrogens is 2. The van der Waals surface area contributed by atoms with Gasteiger partial charge in [-0.3, -0.25) is 9.69 Å². The van der Waals surface area contributed by atoms with E-state index >= 15 is 0 Å². The van der Waals surface area contributed by atoms with Gasteiger partial charge in [0.15, 0.2) is 0 Å². The van der Waals surface area contributed by atoms with Crippen molar-refractivity contribution in [3.63, 3.8) is 0 Å². The molecule has 0 aliphatic carbocycles. The third-order valence-electron chi connectivity index (χ3n) is 5.49. The van der Waals surface area contributed by atoms with Crippen LogP contribution in [-0.2, 0) is 11.3 Å². The summed E-state index contributed by atoms with van der Waals surface area (Å²) in [5.74, 6) is 1.24. The Morgan fingerprint density at radius 2 is 1.90 bits per heavy atom. The molecule has 4 rings (SSSR count). The van der Waals surface area contributed by atoms with Gasteiger partial charge in [0.2, 0.25) is 17.6 Å². The maximum atomic E-state index is 12.8. The molecule has 1 amide bonds. The second kappa shape index (κ2) is 8.57. The molecule has 1 atom stereocenters. The van der Waals surface area contributed by atoms with Crippen LogP contribution in [0, 0.1) is 19.8 Å². The largest absolute Gasteiger partial charge is 0.338 e. The van der Waals surface area contributed by atoms with Crippen LogP contribution in [-0.4, -0.2) is 34.0 Å². The van der Waals surface area contributed by atoms with Gasteiger partial charge in [0.05, 0.1) is 12.5 Å². The summed E-state index contributed by atoms with van der Waals surface area (Å²) in [7, 11) is 0. The Balaban J connectivity index is 1.39. The summed E-state index contributed by atoms with van der Waals surface area (Å²) in [4.78, 5) is 19.5. The zero-order valence-corrected chi connectivity index (χ0v) is 16.9. The number of hydrogen-bond donors (Lipinski definition) is 1. The Bertz CT molecular complexity index is 998. The van der Waals surface area contributed by atoms with Gasteiger partial charge in [-0.25, -0.2) is 0 Å². The third-order valence-corrected chi connectivity index (χ3v) is 5.49. The molecule has 1 aromatic heterocycles. The number of nitrogens with one attached hydrogen (secondary N) is 1. The van der Waals surface area contributed by atoms with E-state index in [4.69, 9.17) is 4.52 Å². The highest BCUT2D eigenvalue weighted by atomic mass is 16.5. The molecule has 1 N–H and O–H groups in total. The van der Waals surface area contributed by atoms with Gasteiger partial charge in [0.25, 0.3) is 0 Å². The predicted octanol–water partition coefficient (Wildman–Crippen LogP) is 4.20. The number of hydrogen-bond acceptors (Lipinski definition) is 5. The van der Waals surface area contributed by atoms with Gasteiger partial charge in [0.1, 0.15) is 0 Å². The number of likely N-dealkylation sites (tertiary alicyclic amines) is 1. The number of piperidine rings is 1. The van der Waals surface area contributed by atoms with Crippen molar-refractivity contribution >= 4 is 11.6 Å². The van der Waals surface area contributed by atoms with E-state index in [0.717, 1.165) is 41.8 Å². The van der Waals surface area contributed by atoms with Gasteiger partial charge in [0, 0.05) is 17.8 Å². The number of anilines is 1. The van der Waals surface area contributed by atoms with Crippen LogP contribution in [0.15, 0.2) is 53.1 Å². The summed E-state index contributed by atoms with van der Waals surface area (Å²) in [5, 5.41) is 7.22. The first-order valence-electron chi connectivity index (χ1n) is 10.1. The molecule has 1 aliphatic rings. The second-order valence-electron chi connectivity index (χ2n) is 7.71. The number of aryl methyl sites for hydroxylation is 2. The Hall–Kier alpha value is -2.99. The minimum absolute atomic E-state index is 0.0397. The Kier molecular flexibility index (Phi) is 5.71. The number of para-hydroxylation sites is 1. The molecule has 2 aromatic carbocycles. The molecule has 3 aromatic rings. The van der Waals surface area contributed by atoms with Crippen molar-refractivity contribution in [3.05, 3.63) is 65.5 Å². The van der Waals surface area contributed by atoms with E-state index in [-0.39, 0.29) is 11.8 Å². The summed E-state index contributed by atoms with van der Waals surface area (Å²) >= 11 is 0. The van der Waals surface area contributed by atoms with Crippen LogP contribution in [0.4, 0.5) is 5.69 Å². The average molecular weight is 390 g/mol. The van der Waals surface area contributed by atoms with E-state index in [1.807, 2.05) is 62.4 Å². The van der Waals surface area contributed by atoms with E-state index in [9.17, 15) is 4.79 Å². The topological polar surface area (TPSA) is 71.3 Å². The minimum atomic E-state index is -0.0397. The van der Waals surface area contributed by atoms with Crippen molar-refractivity contribution in [1.82, 2.24) is 15.0 Å². The second-order valence-corrected chi connectivity index (χ2v) is 7.71. The molecule has 0 radical (unpaired) electrons. The van der Waals surface area contributed by atoms with Crippen molar-refractivity contribution in [1.29, 1.82) is 0 Å². The number of amides is 1. The number of rotatable bonds is 5. The van der Waals surface area contributed by atoms with Gasteiger partial charge in [-0.15, -0.1) is 0 Å². The number of nitrogens with zero attached hydrogens (tertiary/aromatic N) is 3. The van der Waals surface area contributed by atoms with Crippen LogP contribution in [0.5, 0.6) is 0 Å². The quantitative estimate of drug-likeness (QED) is 0.707. The van der Waals surface area contributed by atoms with Gasteiger partial charge < -0.3 is 9.84 Å². The van der Waals surface area contributed by atoms with Crippen LogP contribution in [0.3, 0.4) is 0 Å². The number of carbonyl (C=O) groups is 1. The highest BCUT2D eigenvalue weighted by molar-refractivity contribution is 5.93. The Morgan fingerprint density at radius 3 is 2.69 bits per heavy atom. The zero-order chi connectivity index (χ0) is 20.2. The predicted molar refractivity (Wildman–Crippen MR) is 112 cm³/mol. The Morgan fingerprint density at radius 1 is 1.14 bits per heavy atom. The first-order chi connectivity index (χ1) is 14.1. The first-order valence-corrected chi connectivity index (χ1v) is 10.1. The molecule has 0 spiro atoms. The standard InChI is InChI=1S/C23H26N4O2/c1-16-8-3-5-11-19(16)22-25-21(29-26-22)15-27-13-7-10-18(14-27)23(28)24-20-12-6-4-9-17(20)2/h3-6,8-9,11-12,18H,7,10,13-15H2,1-2H3,(H,24,28). The molecule has 0 saturated carbocycles. The fraction of sp³-hybridized carbons (Fsp3) is 0.348. The lowest BCUT2D eigenvalue weighted by Crippen LogP contribution is -2.40. The van der Waals surface area contributed by atoms with Crippen molar-refractivity contribution < 1.29 is 9.32 Å². The SMILES string of the molecule is Cc1ccccc1NC(=O)C1CCCN(Cc2nc(-c3ccccc3C)no2)C1. The van der Waals surface area contributed by atoms with Crippen molar-refractivity contribution in [3.8, 4) is 11.4 Å². The maximum Gasteiger partial charge on any atom is 0.241 e. The van der Waals surface area contributed by atoms with E-state index in [0.29, 0.717) is 24.8 Å². The molecule has 1 fully saturated rings. The van der Waals surface area contributed by atoms with Crippen LogP contribution in [0.25, 0.3) is 11.4 Å². The lowest BCUT2D eigenvalue weighted by atomic mass is 9.97. The monoisotopic (exact) mass is 390 g/mol. The normalized spacial score (nSPS) is 17.2. The molecule has 150 valence electrons. The highest BCUT2D eigenvalue weighted by Crippen LogP contribution is 2.23. The third kappa shape index (κ3) is 4.54. The van der Waals surface area contributed by atoms with Crippen LogP contribution >= 0.6 is 0 Å². The summed E-state index contributed by atoms with van der Waals surface area (Å²) in [5.41, 5.74) is 4.06. The van der Waals surface area contributed by atoms with Crippen molar-refractivity contribution in [2.24, 2.45) is 5.92 Å². The van der Waals surface area contributed by atoms with Crippen molar-refractivity contribution in [2.75, 3.05) is 18.4 Å². The summed E-state index contributed by atoms with van der Waals surface area (Å²) in [6.45, 7) is 6.22. The fourth-order valence-electron chi connectivity index (χ4n) is 3.80. The van der Waals surface area contributed by atoms with E-state index < -0.39 is 0 Å². The van der Waals surface area contributed by atoms with Crippen LogP contribution in [0.1, 0.15) is 29.9 Å². The summed E-state index contributed by atoms with van der Waals surface area (Å²) in [6, 6.07) is 15.9. The highest BCUT2D eigenvalue weighted by Gasteiger charge is 2.27. The van der Waals surface area contributed by atoms with E-state index in [1.54, 1.807) is 0 Å². The molecular formula is C23H26N4O2. The number of carbonyl (C=O) groups excluding carboxylic acids is 1. The maximum absolute atomic E-state index is 12.8. The van der Waals surface area contributed by atoms with Crippen LogP contribution in [0.2, 0.25) is 0 Å². The van der Waals surface area contributed by atoms with Gasteiger partial charge in [-0.2, -0.15) is 4.98 Å². The summed E-state index contributed by atoms with van der Waals surface area (Å²) < 4.78 is 5.48. The molecule has 1 aliphatic heterocycles. The molecule has 1 saturated heterocycles. The van der Waals surface area contributed by atoms with Crippen molar-refractivity contribution in [2.45, 2.75) is 33.2 Å². The van der Waals surface area contributed by atoms with E-state index in [1.165, 1.54) is 0 Å². The summed E-state index contributed by atoms with van der Waals surface area (Å²) in [6.07, 6.45) is 1.87. The lowest BCUT2D eigenvalue weighted by molar-refractivity contribution is -0.121.